The summed E-state index contributed by atoms with van der Waals surface area (Å²) in [6.07, 6.45) is 17.4. The van der Waals surface area contributed by atoms with Gasteiger partial charge < -0.3 is 0 Å². The summed E-state index contributed by atoms with van der Waals surface area (Å²) in [6.45, 7) is 2.47. The van der Waals surface area contributed by atoms with Crippen LogP contribution in [0.4, 0.5) is 0 Å². The number of allylic oxidation sites excluding steroid dienone is 1. The number of carbonyl (C=O) groups excluding carboxylic acids is 1. The maximum absolute atomic E-state index is 11.7. The van der Waals surface area contributed by atoms with Crippen molar-refractivity contribution in [2.45, 2.75) is 58.3 Å². The van der Waals surface area contributed by atoms with Crippen molar-refractivity contribution in [3.8, 4) is 12.3 Å². The number of hydrogen-bond acceptors (Lipinski definition) is 1. The summed E-state index contributed by atoms with van der Waals surface area (Å²) in [7, 11) is 0. The van der Waals surface area contributed by atoms with Crippen LogP contribution in [0.3, 0.4) is 0 Å². The molecule has 0 aliphatic heterocycles. The fraction of sp³-hybridized carbons (Fsp3) is 0.750. The van der Waals surface area contributed by atoms with E-state index < -0.39 is 0 Å². The molecule has 0 N–H and O–H groups in total. The summed E-state index contributed by atoms with van der Waals surface area (Å²) in [5.74, 6) is 7.26. The summed E-state index contributed by atoms with van der Waals surface area (Å²) in [6, 6.07) is 0. The van der Waals surface area contributed by atoms with Crippen LogP contribution in [-0.4, -0.2) is 5.78 Å². The van der Waals surface area contributed by atoms with Gasteiger partial charge in [-0.1, -0.05) is 12.5 Å². The van der Waals surface area contributed by atoms with E-state index in [4.69, 9.17) is 6.42 Å². The van der Waals surface area contributed by atoms with Crippen molar-refractivity contribution in [3.63, 3.8) is 0 Å². The third kappa shape index (κ3) is 1.88. The minimum Gasteiger partial charge on any atom is -0.295 e. The van der Waals surface area contributed by atoms with Crippen molar-refractivity contribution in [2.24, 2.45) is 35.0 Å². The highest BCUT2D eigenvalue weighted by Gasteiger charge is 2.55. The Morgan fingerprint density at radius 3 is 2.81 bits per heavy atom. The molecule has 112 valence electrons. The fourth-order valence-electron chi connectivity index (χ4n) is 6.45. The molecule has 3 saturated carbocycles. The van der Waals surface area contributed by atoms with Crippen LogP contribution in [0.15, 0.2) is 11.6 Å². The molecule has 3 fully saturated rings. The second-order valence-electron chi connectivity index (χ2n) is 8.14. The highest BCUT2D eigenvalue weighted by Crippen LogP contribution is 2.63. The van der Waals surface area contributed by atoms with Crippen LogP contribution in [0.1, 0.15) is 58.3 Å². The lowest BCUT2D eigenvalue weighted by Crippen LogP contribution is -2.46. The lowest BCUT2D eigenvalue weighted by Gasteiger charge is -2.53. The number of fused-ring (bicyclic) bond motifs is 5. The molecule has 0 radical (unpaired) electrons. The van der Waals surface area contributed by atoms with Gasteiger partial charge in [-0.15, -0.1) is 12.3 Å². The first kappa shape index (κ1) is 13.6. The van der Waals surface area contributed by atoms with E-state index >= 15 is 0 Å². The van der Waals surface area contributed by atoms with E-state index in [1.807, 2.05) is 6.08 Å². The molecule has 6 atom stereocenters. The average molecular weight is 282 g/mol. The van der Waals surface area contributed by atoms with Gasteiger partial charge in [-0.25, -0.2) is 0 Å². The van der Waals surface area contributed by atoms with Gasteiger partial charge in [-0.05, 0) is 80.1 Å². The molecule has 1 nitrogen and oxygen atoms in total. The number of rotatable bonds is 0. The maximum Gasteiger partial charge on any atom is 0.155 e. The van der Waals surface area contributed by atoms with Crippen molar-refractivity contribution in [1.29, 1.82) is 0 Å². The molecular formula is C20H26O. The second-order valence-corrected chi connectivity index (χ2v) is 8.14. The molecule has 1 heteroatoms. The zero-order valence-electron chi connectivity index (χ0n) is 13.1. The molecule has 4 rings (SSSR count). The highest BCUT2D eigenvalue weighted by molar-refractivity contribution is 5.91. The smallest absolute Gasteiger partial charge is 0.155 e. The van der Waals surface area contributed by atoms with Gasteiger partial charge in [0.25, 0.3) is 0 Å². The molecule has 0 bridgehead atoms. The van der Waals surface area contributed by atoms with Crippen LogP contribution < -0.4 is 0 Å². The van der Waals surface area contributed by atoms with Crippen molar-refractivity contribution in [3.05, 3.63) is 11.6 Å². The molecular weight excluding hydrogens is 256 g/mol. The first-order valence-corrected chi connectivity index (χ1v) is 8.83. The van der Waals surface area contributed by atoms with E-state index in [1.165, 1.54) is 44.1 Å². The van der Waals surface area contributed by atoms with Gasteiger partial charge in [0.05, 0.1) is 0 Å². The Bertz CT molecular complexity index is 537. The molecule has 0 aromatic carbocycles. The predicted molar refractivity (Wildman–Crippen MR) is 84.4 cm³/mol. The Hall–Kier alpha value is -1.03. The van der Waals surface area contributed by atoms with E-state index in [2.05, 4.69) is 12.8 Å². The largest absolute Gasteiger partial charge is 0.295 e. The Morgan fingerprint density at radius 1 is 1.14 bits per heavy atom. The summed E-state index contributed by atoms with van der Waals surface area (Å²) in [5, 5.41) is 0. The van der Waals surface area contributed by atoms with Gasteiger partial charge >= 0.3 is 0 Å². The Balaban J connectivity index is 1.63. The van der Waals surface area contributed by atoms with Crippen LogP contribution in [0.5, 0.6) is 0 Å². The quantitative estimate of drug-likeness (QED) is 0.603. The predicted octanol–water partition coefficient (Wildman–Crippen LogP) is 4.38. The fourth-order valence-corrected chi connectivity index (χ4v) is 6.45. The van der Waals surface area contributed by atoms with Crippen LogP contribution in [0.25, 0.3) is 0 Å². The number of terminal acetylenes is 1. The average Bonchev–Trinajstić information content (AvgIpc) is 2.83. The van der Waals surface area contributed by atoms with E-state index in [0.29, 0.717) is 17.1 Å². The molecule has 0 unspecified atom stereocenters. The van der Waals surface area contributed by atoms with Gasteiger partial charge in [0, 0.05) is 12.3 Å². The molecule has 0 spiro atoms. The van der Waals surface area contributed by atoms with Gasteiger partial charge in [-0.2, -0.15) is 0 Å². The van der Waals surface area contributed by atoms with Crippen molar-refractivity contribution >= 4 is 5.78 Å². The van der Waals surface area contributed by atoms with Crippen LogP contribution in [0.2, 0.25) is 0 Å². The number of hydrogen-bond donors (Lipinski definition) is 0. The minimum atomic E-state index is 0.369. The van der Waals surface area contributed by atoms with Crippen molar-refractivity contribution in [2.75, 3.05) is 0 Å². The number of carbonyl (C=O) groups is 1. The first-order chi connectivity index (χ1) is 10.1. The summed E-state index contributed by atoms with van der Waals surface area (Å²) < 4.78 is 0. The zero-order valence-corrected chi connectivity index (χ0v) is 13.1. The lowest BCUT2D eigenvalue weighted by atomic mass is 9.51. The van der Waals surface area contributed by atoms with Gasteiger partial charge in [-0.3, -0.25) is 4.79 Å². The summed E-state index contributed by atoms with van der Waals surface area (Å²) in [4.78, 5) is 11.7. The molecule has 0 aromatic heterocycles. The Labute approximate surface area is 128 Å². The van der Waals surface area contributed by atoms with Crippen molar-refractivity contribution in [1.82, 2.24) is 0 Å². The molecule has 21 heavy (non-hydrogen) atoms. The highest BCUT2D eigenvalue weighted by atomic mass is 16.1. The van der Waals surface area contributed by atoms with E-state index in [0.717, 1.165) is 36.5 Å². The van der Waals surface area contributed by atoms with E-state index in [-0.39, 0.29) is 0 Å². The van der Waals surface area contributed by atoms with Crippen LogP contribution in [0, 0.1) is 47.3 Å². The van der Waals surface area contributed by atoms with E-state index in [9.17, 15) is 4.79 Å². The Kier molecular flexibility index (Phi) is 3.07. The second kappa shape index (κ2) is 4.73. The van der Waals surface area contributed by atoms with Gasteiger partial charge in [0.1, 0.15) is 0 Å². The van der Waals surface area contributed by atoms with E-state index in [1.54, 1.807) is 0 Å². The molecule has 0 saturated heterocycles. The molecule has 4 aliphatic carbocycles. The SMILES string of the molecule is C#C[C@H]1CC[C@H]2[C@@H]3CCC4=CC(=O)CC[C@H]4[C@H]3CC[C@]12C. The van der Waals surface area contributed by atoms with Crippen LogP contribution in [-0.2, 0) is 4.79 Å². The standard InChI is InChI=1S/C20H26O/c1-3-14-5-9-19-18-7-4-13-12-15(21)6-8-16(13)17(18)10-11-20(14,19)2/h1,12,14,16-19H,4-11H2,2H3/t14-,16+,17+,18+,19-,20+/m0/s1. The molecule has 0 amide bonds. The molecule has 0 heterocycles. The summed E-state index contributed by atoms with van der Waals surface area (Å²) in [5.41, 5.74) is 1.89. The van der Waals surface area contributed by atoms with Gasteiger partial charge in [0.15, 0.2) is 5.78 Å². The Morgan fingerprint density at radius 2 is 2.00 bits per heavy atom. The maximum atomic E-state index is 11.7. The van der Waals surface area contributed by atoms with Crippen molar-refractivity contribution < 1.29 is 4.79 Å². The molecule has 0 aromatic rings. The minimum absolute atomic E-state index is 0.369. The normalized spacial score (nSPS) is 48.7. The zero-order chi connectivity index (χ0) is 14.6. The number of ketones is 1. The monoisotopic (exact) mass is 282 g/mol. The lowest BCUT2D eigenvalue weighted by molar-refractivity contribution is -0.116. The van der Waals surface area contributed by atoms with Gasteiger partial charge in [0.2, 0.25) is 0 Å². The summed E-state index contributed by atoms with van der Waals surface area (Å²) >= 11 is 0. The third-order valence-corrected chi connectivity index (χ3v) is 7.50. The molecule has 4 aliphatic rings. The first-order valence-electron chi connectivity index (χ1n) is 8.83. The van der Waals surface area contributed by atoms with Crippen LogP contribution >= 0.6 is 0 Å². The third-order valence-electron chi connectivity index (χ3n) is 7.50. The topological polar surface area (TPSA) is 17.1 Å².